The second kappa shape index (κ2) is 5.11. The molecular weight excluding hydrogens is 306 g/mol. The molecule has 130 valence electrons. The van der Waals surface area contributed by atoms with E-state index in [0.29, 0.717) is 11.8 Å². The molecule has 2 heteroatoms. The summed E-state index contributed by atoms with van der Waals surface area (Å²) in [7, 11) is 0. The predicted octanol–water partition coefficient (Wildman–Crippen LogP) is 4.30. The van der Waals surface area contributed by atoms with Crippen molar-refractivity contribution in [1.29, 1.82) is 0 Å². The zero-order valence-corrected chi connectivity index (χ0v) is 15.2. The van der Waals surface area contributed by atoms with Crippen LogP contribution in [0, 0.1) is 5.92 Å². The first-order valence-corrected chi connectivity index (χ1v) is 9.65. The van der Waals surface area contributed by atoms with Crippen LogP contribution in [0.15, 0.2) is 48.5 Å². The van der Waals surface area contributed by atoms with Gasteiger partial charge in [0.25, 0.3) is 0 Å². The van der Waals surface area contributed by atoms with Gasteiger partial charge in [0, 0.05) is 24.0 Å². The second-order valence-electron chi connectivity index (χ2n) is 8.81. The fourth-order valence-electron chi connectivity index (χ4n) is 6.57. The summed E-state index contributed by atoms with van der Waals surface area (Å²) in [5.41, 5.74) is 4.81. The number of phenolic OH excluding ortho intramolecular Hbond substituents is 1. The van der Waals surface area contributed by atoms with Crippen LogP contribution in [0.25, 0.3) is 0 Å². The summed E-state index contributed by atoms with van der Waals surface area (Å²) < 4.78 is 0. The molecule has 0 aromatic heterocycles. The van der Waals surface area contributed by atoms with Crippen LogP contribution >= 0.6 is 0 Å². The minimum Gasteiger partial charge on any atom is -0.508 e. The maximum absolute atomic E-state index is 10.0. The monoisotopic (exact) mass is 333 g/mol. The minimum atomic E-state index is 0.231. The number of benzene rings is 2. The highest BCUT2D eigenvalue weighted by molar-refractivity contribution is 5.48. The molecule has 4 unspecified atom stereocenters. The molecule has 2 aliphatic carbocycles. The van der Waals surface area contributed by atoms with Gasteiger partial charge in [-0.3, -0.25) is 4.90 Å². The molecule has 2 aromatic rings. The third-order valence-corrected chi connectivity index (χ3v) is 7.50. The molecule has 1 saturated heterocycles. The van der Waals surface area contributed by atoms with E-state index in [0.717, 1.165) is 25.3 Å². The summed E-state index contributed by atoms with van der Waals surface area (Å²) in [5.74, 6) is 1.15. The highest BCUT2D eigenvalue weighted by Crippen LogP contribution is 2.64. The number of aromatic hydroxyl groups is 1. The second-order valence-corrected chi connectivity index (χ2v) is 8.81. The molecule has 2 nitrogen and oxygen atoms in total. The quantitative estimate of drug-likeness (QED) is 0.905. The molecule has 1 heterocycles. The number of rotatable bonds is 3. The van der Waals surface area contributed by atoms with Gasteiger partial charge in [0.05, 0.1) is 0 Å². The molecule has 1 aliphatic heterocycles. The van der Waals surface area contributed by atoms with Crippen molar-refractivity contribution in [2.75, 3.05) is 6.54 Å². The lowest BCUT2D eigenvalue weighted by atomic mass is 9.53. The number of fused-ring (bicyclic) bond motifs is 2. The molecule has 4 atom stereocenters. The van der Waals surface area contributed by atoms with Crippen LogP contribution in [-0.2, 0) is 18.3 Å². The first-order chi connectivity index (χ1) is 12.0. The van der Waals surface area contributed by atoms with Crippen molar-refractivity contribution in [3.05, 3.63) is 65.2 Å². The zero-order chi connectivity index (χ0) is 17.2. The standard InChI is InChI=1S/C23H27NO/c1-22-12-10-20-21(22)23(2,15-17-8-9-18(25)14-19(17)22)24(20)13-11-16-6-4-3-5-7-16/h3-9,14,20-21,25H,10-13,15H2,1-2H3. The molecule has 0 amide bonds. The Kier molecular flexibility index (Phi) is 3.16. The van der Waals surface area contributed by atoms with Gasteiger partial charge in [0.1, 0.15) is 5.75 Å². The molecule has 2 fully saturated rings. The summed E-state index contributed by atoms with van der Waals surface area (Å²) in [5, 5.41) is 10.0. The van der Waals surface area contributed by atoms with E-state index in [1.54, 1.807) is 0 Å². The average molecular weight is 333 g/mol. The Bertz CT molecular complexity index is 816. The molecule has 1 N–H and O–H groups in total. The smallest absolute Gasteiger partial charge is 0.115 e. The van der Waals surface area contributed by atoms with Crippen molar-refractivity contribution in [3.63, 3.8) is 0 Å². The van der Waals surface area contributed by atoms with Crippen LogP contribution in [0.2, 0.25) is 0 Å². The largest absolute Gasteiger partial charge is 0.508 e. The van der Waals surface area contributed by atoms with E-state index in [1.807, 2.05) is 12.1 Å². The van der Waals surface area contributed by atoms with Crippen LogP contribution in [-0.4, -0.2) is 28.1 Å². The van der Waals surface area contributed by atoms with Gasteiger partial charge in [-0.15, -0.1) is 0 Å². The Morgan fingerprint density at radius 3 is 2.72 bits per heavy atom. The van der Waals surface area contributed by atoms with Crippen molar-refractivity contribution < 1.29 is 5.11 Å². The molecule has 0 radical (unpaired) electrons. The fraction of sp³-hybridized carbons (Fsp3) is 0.478. The Labute approximate surface area is 150 Å². The molecule has 25 heavy (non-hydrogen) atoms. The summed E-state index contributed by atoms with van der Waals surface area (Å²) in [6.07, 6.45) is 4.80. The highest BCUT2D eigenvalue weighted by Gasteiger charge is 2.68. The third-order valence-electron chi connectivity index (χ3n) is 7.50. The van der Waals surface area contributed by atoms with E-state index in [4.69, 9.17) is 0 Å². The highest BCUT2D eigenvalue weighted by atomic mass is 16.3. The van der Waals surface area contributed by atoms with Gasteiger partial charge in [-0.1, -0.05) is 43.3 Å². The maximum atomic E-state index is 10.0. The van der Waals surface area contributed by atoms with E-state index in [9.17, 15) is 5.11 Å². The van der Waals surface area contributed by atoms with Crippen LogP contribution in [0.4, 0.5) is 0 Å². The van der Waals surface area contributed by atoms with Crippen LogP contribution in [0.1, 0.15) is 43.4 Å². The van der Waals surface area contributed by atoms with Gasteiger partial charge in [-0.2, -0.15) is 0 Å². The van der Waals surface area contributed by atoms with Crippen molar-refractivity contribution in [2.45, 2.75) is 56.5 Å². The van der Waals surface area contributed by atoms with Crippen molar-refractivity contribution in [2.24, 2.45) is 5.92 Å². The van der Waals surface area contributed by atoms with E-state index < -0.39 is 0 Å². The first kappa shape index (κ1) is 15.5. The molecule has 5 rings (SSSR count). The first-order valence-electron chi connectivity index (χ1n) is 9.65. The lowest BCUT2D eigenvalue weighted by molar-refractivity contribution is -0.139. The SMILES string of the molecule is CC12CCC3C1C(C)(Cc1ccc(O)cc12)N3CCc1ccccc1. The zero-order valence-electron chi connectivity index (χ0n) is 15.2. The van der Waals surface area contributed by atoms with Gasteiger partial charge >= 0.3 is 0 Å². The Morgan fingerprint density at radius 1 is 1.12 bits per heavy atom. The van der Waals surface area contributed by atoms with Gasteiger partial charge < -0.3 is 5.11 Å². The van der Waals surface area contributed by atoms with E-state index in [1.165, 1.54) is 29.5 Å². The Balaban J connectivity index is 1.47. The van der Waals surface area contributed by atoms with Gasteiger partial charge in [-0.05, 0) is 66.8 Å². The number of likely N-dealkylation sites (tertiary alicyclic amines) is 1. The van der Waals surface area contributed by atoms with Gasteiger partial charge in [-0.25, -0.2) is 0 Å². The summed E-state index contributed by atoms with van der Waals surface area (Å²) in [6.45, 7) is 6.09. The number of hydrogen-bond donors (Lipinski definition) is 1. The molecular formula is C23H27NO. The minimum absolute atomic E-state index is 0.231. The maximum Gasteiger partial charge on any atom is 0.115 e. The van der Waals surface area contributed by atoms with Crippen molar-refractivity contribution in [3.8, 4) is 5.75 Å². The van der Waals surface area contributed by atoms with E-state index in [2.05, 4.69) is 55.1 Å². The molecule has 0 spiro atoms. The molecule has 3 aliphatic rings. The number of hydrogen-bond acceptors (Lipinski definition) is 2. The fourth-order valence-corrected chi connectivity index (χ4v) is 6.57. The van der Waals surface area contributed by atoms with Crippen molar-refractivity contribution >= 4 is 0 Å². The number of nitrogens with zero attached hydrogens (tertiary/aromatic N) is 1. The normalized spacial score (nSPS) is 35.8. The lowest BCUT2D eigenvalue weighted by Gasteiger charge is -2.67. The average Bonchev–Trinajstić information content (AvgIpc) is 2.94. The molecule has 2 aromatic carbocycles. The number of phenols is 1. The third kappa shape index (κ3) is 2.01. The van der Waals surface area contributed by atoms with E-state index >= 15 is 0 Å². The summed E-state index contributed by atoms with van der Waals surface area (Å²) >= 11 is 0. The lowest BCUT2D eigenvalue weighted by Crippen LogP contribution is -2.75. The van der Waals surface area contributed by atoms with Crippen LogP contribution in [0.5, 0.6) is 5.75 Å². The summed E-state index contributed by atoms with van der Waals surface area (Å²) in [6, 6.07) is 17.7. The topological polar surface area (TPSA) is 23.5 Å². The predicted molar refractivity (Wildman–Crippen MR) is 101 cm³/mol. The van der Waals surface area contributed by atoms with Crippen LogP contribution in [0.3, 0.4) is 0 Å². The Hall–Kier alpha value is -1.80. The van der Waals surface area contributed by atoms with Gasteiger partial charge in [0.2, 0.25) is 0 Å². The molecule has 1 saturated carbocycles. The van der Waals surface area contributed by atoms with E-state index in [-0.39, 0.29) is 11.0 Å². The Morgan fingerprint density at radius 2 is 1.92 bits per heavy atom. The van der Waals surface area contributed by atoms with Crippen LogP contribution < -0.4 is 0 Å². The van der Waals surface area contributed by atoms with Gasteiger partial charge in [0.15, 0.2) is 0 Å². The van der Waals surface area contributed by atoms with Crippen molar-refractivity contribution in [1.82, 2.24) is 4.90 Å². The summed E-state index contributed by atoms with van der Waals surface area (Å²) in [4.78, 5) is 2.80. The molecule has 0 bridgehead atoms.